The third-order valence-corrected chi connectivity index (χ3v) is 1.50. The third-order valence-electron chi connectivity index (χ3n) is 0.696. The monoisotopic (exact) mass is 139 g/mol. The molecule has 0 saturated carbocycles. The van der Waals surface area contributed by atoms with E-state index in [0.29, 0.717) is 5.75 Å². The molecule has 1 N–H and O–H groups in total. The van der Waals surface area contributed by atoms with Gasteiger partial charge >= 0.3 is 0 Å². The van der Waals surface area contributed by atoms with Crippen LogP contribution in [-0.2, 0) is 0 Å². The molecule has 9 heavy (non-hydrogen) atoms. The number of nitrogens with one attached hydrogen (secondary N) is 1. The SMILES string of the molecule is C#CCSc1cn[nH]n1. The van der Waals surface area contributed by atoms with Gasteiger partial charge in [-0.2, -0.15) is 10.3 Å². The molecule has 3 nitrogen and oxygen atoms in total. The zero-order chi connectivity index (χ0) is 6.53. The van der Waals surface area contributed by atoms with Crippen molar-refractivity contribution in [2.75, 3.05) is 5.75 Å². The summed E-state index contributed by atoms with van der Waals surface area (Å²) in [5.41, 5.74) is 0. The Labute approximate surface area is 57.2 Å². The molecule has 0 aliphatic carbocycles. The number of aromatic nitrogens is 3. The summed E-state index contributed by atoms with van der Waals surface area (Å²) in [6.07, 6.45) is 6.66. The lowest BCUT2D eigenvalue weighted by molar-refractivity contribution is 0.911. The average molecular weight is 139 g/mol. The van der Waals surface area contributed by atoms with Crippen molar-refractivity contribution in [1.82, 2.24) is 15.4 Å². The van der Waals surface area contributed by atoms with E-state index < -0.39 is 0 Å². The van der Waals surface area contributed by atoms with Crippen molar-refractivity contribution in [3.8, 4) is 12.3 Å². The lowest BCUT2D eigenvalue weighted by atomic mass is 10.8. The van der Waals surface area contributed by atoms with Crippen molar-refractivity contribution in [2.45, 2.75) is 5.03 Å². The fourth-order valence-corrected chi connectivity index (χ4v) is 0.840. The maximum absolute atomic E-state index is 5.02. The number of hydrogen-bond acceptors (Lipinski definition) is 3. The van der Waals surface area contributed by atoms with E-state index in [4.69, 9.17) is 6.42 Å². The van der Waals surface area contributed by atoms with Gasteiger partial charge in [-0.1, -0.05) is 17.7 Å². The fourth-order valence-electron chi connectivity index (χ4n) is 0.376. The van der Waals surface area contributed by atoms with Gasteiger partial charge in [-0.05, 0) is 0 Å². The van der Waals surface area contributed by atoms with Crippen molar-refractivity contribution >= 4 is 11.8 Å². The summed E-state index contributed by atoms with van der Waals surface area (Å²) in [4.78, 5) is 0. The van der Waals surface area contributed by atoms with Gasteiger partial charge in [0.05, 0.1) is 11.9 Å². The van der Waals surface area contributed by atoms with Gasteiger partial charge in [-0.3, -0.25) is 0 Å². The number of H-pyrrole nitrogens is 1. The largest absolute Gasteiger partial charge is 0.197 e. The summed E-state index contributed by atoms with van der Waals surface area (Å²) >= 11 is 1.49. The molecule has 0 aliphatic heterocycles. The van der Waals surface area contributed by atoms with E-state index in [-0.39, 0.29) is 0 Å². The van der Waals surface area contributed by atoms with Crippen molar-refractivity contribution in [3.63, 3.8) is 0 Å². The summed E-state index contributed by atoms with van der Waals surface area (Å²) in [6.45, 7) is 0. The van der Waals surface area contributed by atoms with E-state index in [2.05, 4.69) is 21.3 Å². The van der Waals surface area contributed by atoms with Crippen LogP contribution in [0.2, 0.25) is 0 Å². The molecule has 0 aromatic carbocycles. The number of nitrogens with zero attached hydrogens (tertiary/aromatic N) is 2. The molecule has 0 unspecified atom stereocenters. The Morgan fingerprint density at radius 2 is 2.78 bits per heavy atom. The normalized spacial score (nSPS) is 8.78. The summed E-state index contributed by atoms with van der Waals surface area (Å²) < 4.78 is 0. The Kier molecular flexibility index (Phi) is 2.16. The zero-order valence-electron chi connectivity index (χ0n) is 4.66. The van der Waals surface area contributed by atoms with E-state index >= 15 is 0 Å². The number of rotatable bonds is 2. The predicted molar refractivity (Wildman–Crippen MR) is 35.9 cm³/mol. The Morgan fingerprint density at radius 3 is 3.33 bits per heavy atom. The lowest BCUT2D eigenvalue weighted by Gasteiger charge is -1.82. The standard InChI is InChI=1S/C5H5N3S/c1-2-3-9-5-4-6-8-7-5/h1,4H,3H2,(H,6,7,8). The minimum atomic E-state index is 0.645. The van der Waals surface area contributed by atoms with Crippen LogP contribution < -0.4 is 0 Å². The van der Waals surface area contributed by atoms with Crippen molar-refractivity contribution in [2.24, 2.45) is 0 Å². The van der Waals surface area contributed by atoms with E-state index in [9.17, 15) is 0 Å². The van der Waals surface area contributed by atoms with Crippen LogP contribution in [0, 0.1) is 12.3 Å². The topological polar surface area (TPSA) is 41.6 Å². The Hall–Kier alpha value is -0.950. The van der Waals surface area contributed by atoms with Gasteiger partial charge in [0.2, 0.25) is 0 Å². The molecule has 1 rings (SSSR count). The van der Waals surface area contributed by atoms with Gasteiger partial charge in [-0.25, -0.2) is 0 Å². The van der Waals surface area contributed by atoms with E-state index in [1.54, 1.807) is 6.20 Å². The van der Waals surface area contributed by atoms with E-state index in [1.165, 1.54) is 11.8 Å². The number of terminal acetylenes is 1. The summed E-state index contributed by atoms with van der Waals surface area (Å²) in [7, 11) is 0. The number of hydrogen-bond donors (Lipinski definition) is 1. The van der Waals surface area contributed by atoms with E-state index in [1.807, 2.05) is 0 Å². The Morgan fingerprint density at radius 1 is 1.89 bits per heavy atom. The maximum Gasteiger partial charge on any atom is 0.139 e. The first-order valence-corrected chi connectivity index (χ1v) is 3.34. The highest BCUT2D eigenvalue weighted by Gasteiger charge is 1.91. The van der Waals surface area contributed by atoms with Crippen molar-refractivity contribution in [1.29, 1.82) is 0 Å². The van der Waals surface area contributed by atoms with Gasteiger partial charge in [0, 0.05) is 0 Å². The zero-order valence-corrected chi connectivity index (χ0v) is 5.48. The molecule has 0 atom stereocenters. The molecule has 0 radical (unpaired) electrons. The first-order chi connectivity index (χ1) is 4.43. The first kappa shape index (κ1) is 6.17. The van der Waals surface area contributed by atoms with Gasteiger partial charge in [0.1, 0.15) is 5.03 Å². The Bertz CT molecular complexity index is 198. The second kappa shape index (κ2) is 3.15. The molecule has 0 aliphatic rings. The predicted octanol–water partition coefficient (Wildman–Crippen LogP) is 0.530. The molecule has 1 aromatic heterocycles. The maximum atomic E-state index is 5.02. The highest BCUT2D eigenvalue weighted by Crippen LogP contribution is 2.10. The number of thioether (sulfide) groups is 1. The average Bonchev–Trinajstić information content (AvgIpc) is 2.34. The van der Waals surface area contributed by atoms with Gasteiger partial charge in [0.25, 0.3) is 0 Å². The van der Waals surface area contributed by atoms with Crippen molar-refractivity contribution in [3.05, 3.63) is 6.20 Å². The van der Waals surface area contributed by atoms with Gasteiger partial charge in [0.15, 0.2) is 0 Å². The lowest BCUT2D eigenvalue weighted by Crippen LogP contribution is -1.72. The Balaban J connectivity index is 2.41. The second-order valence-electron chi connectivity index (χ2n) is 1.30. The van der Waals surface area contributed by atoms with Gasteiger partial charge < -0.3 is 0 Å². The first-order valence-electron chi connectivity index (χ1n) is 2.35. The molecular weight excluding hydrogens is 134 g/mol. The second-order valence-corrected chi connectivity index (χ2v) is 2.30. The molecule has 0 saturated heterocycles. The van der Waals surface area contributed by atoms with Crippen molar-refractivity contribution < 1.29 is 0 Å². The molecule has 0 fully saturated rings. The number of aromatic amines is 1. The smallest absolute Gasteiger partial charge is 0.139 e. The minimum Gasteiger partial charge on any atom is -0.197 e. The highest BCUT2D eigenvalue weighted by molar-refractivity contribution is 7.99. The molecular formula is C5H5N3S. The van der Waals surface area contributed by atoms with Crippen LogP contribution in [0.3, 0.4) is 0 Å². The molecule has 4 heteroatoms. The van der Waals surface area contributed by atoms with Crippen LogP contribution in [0.4, 0.5) is 0 Å². The summed E-state index contributed by atoms with van der Waals surface area (Å²) in [5.74, 6) is 3.13. The summed E-state index contributed by atoms with van der Waals surface area (Å²) in [6, 6.07) is 0. The molecule has 1 aromatic rings. The minimum absolute atomic E-state index is 0.645. The van der Waals surface area contributed by atoms with Crippen LogP contribution >= 0.6 is 11.8 Å². The molecule has 0 amide bonds. The molecule has 1 heterocycles. The van der Waals surface area contributed by atoms with E-state index in [0.717, 1.165) is 5.03 Å². The molecule has 46 valence electrons. The van der Waals surface area contributed by atoms with Crippen LogP contribution in [0.1, 0.15) is 0 Å². The quantitative estimate of drug-likeness (QED) is 0.480. The molecule has 0 bridgehead atoms. The van der Waals surface area contributed by atoms with Crippen LogP contribution in [0.25, 0.3) is 0 Å². The molecule has 0 spiro atoms. The van der Waals surface area contributed by atoms with Crippen LogP contribution in [0.5, 0.6) is 0 Å². The van der Waals surface area contributed by atoms with Gasteiger partial charge in [-0.15, -0.1) is 11.5 Å². The highest BCUT2D eigenvalue weighted by atomic mass is 32.2. The fraction of sp³-hybridized carbons (Fsp3) is 0.200. The van der Waals surface area contributed by atoms with Crippen LogP contribution in [0.15, 0.2) is 11.2 Å². The third kappa shape index (κ3) is 1.78. The van der Waals surface area contributed by atoms with Crippen LogP contribution in [-0.4, -0.2) is 21.2 Å². The summed E-state index contributed by atoms with van der Waals surface area (Å²) in [5, 5.41) is 10.7.